The summed E-state index contributed by atoms with van der Waals surface area (Å²) < 4.78 is 20.7. The number of hydrogen-bond donors (Lipinski definition) is 1. The molecule has 0 spiro atoms. The van der Waals surface area contributed by atoms with Crippen molar-refractivity contribution in [2.45, 2.75) is 72.1 Å². The average Bonchev–Trinajstić information content (AvgIpc) is 2.82. The maximum Gasteiger partial charge on any atom is 0.307 e. The minimum absolute atomic E-state index is 0.00254. The predicted molar refractivity (Wildman–Crippen MR) is 135 cm³/mol. The molecule has 3 heterocycles. The number of aromatic nitrogens is 2. The van der Waals surface area contributed by atoms with Crippen molar-refractivity contribution in [3.63, 3.8) is 0 Å². The summed E-state index contributed by atoms with van der Waals surface area (Å²) in [4.78, 5) is 22.7. The Balaban J connectivity index is 1.61. The monoisotopic (exact) mass is 481 g/mol. The number of halogens is 1. The van der Waals surface area contributed by atoms with Crippen LogP contribution in [0.25, 0.3) is 11.1 Å². The average molecular weight is 482 g/mol. The molecule has 6 nitrogen and oxygen atoms in total. The van der Waals surface area contributed by atoms with Crippen LogP contribution in [-0.2, 0) is 11.2 Å². The Hall–Kier alpha value is -2.96. The number of carboxylic acid groups (broad SMARTS) is 1. The third-order valence-electron chi connectivity index (χ3n) is 7.29. The van der Waals surface area contributed by atoms with Crippen LogP contribution in [0.3, 0.4) is 0 Å². The van der Waals surface area contributed by atoms with Crippen molar-refractivity contribution < 1.29 is 19.0 Å². The van der Waals surface area contributed by atoms with E-state index in [-0.39, 0.29) is 17.7 Å². The van der Waals surface area contributed by atoms with Crippen molar-refractivity contribution in [3.05, 3.63) is 47.2 Å². The Morgan fingerprint density at radius 2 is 1.97 bits per heavy atom. The van der Waals surface area contributed by atoms with E-state index in [1.165, 1.54) is 24.5 Å². The molecule has 0 amide bonds. The molecule has 0 aromatic carbocycles. The zero-order valence-corrected chi connectivity index (χ0v) is 21.1. The fourth-order valence-corrected chi connectivity index (χ4v) is 4.99. The molecular formula is C28H36FN3O3. The van der Waals surface area contributed by atoms with E-state index in [1.807, 2.05) is 6.92 Å². The molecule has 0 saturated carbocycles. The minimum Gasteiger partial charge on any atom is -0.481 e. The first-order valence-electron chi connectivity index (χ1n) is 12.7. The van der Waals surface area contributed by atoms with E-state index in [1.54, 1.807) is 12.4 Å². The molecule has 2 aromatic rings. The Labute approximate surface area is 207 Å². The topological polar surface area (TPSA) is 75.6 Å². The summed E-state index contributed by atoms with van der Waals surface area (Å²) in [5.74, 6) is -1.43. The van der Waals surface area contributed by atoms with Crippen molar-refractivity contribution in [2.75, 3.05) is 24.6 Å². The molecule has 1 fully saturated rings. The molecule has 2 aromatic heterocycles. The summed E-state index contributed by atoms with van der Waals surface area (Å²) in [6.07, 6.45) is 12.9. The van der Waals surface area contributed by atoms with Crippen LogP contribution in [0.2, 0.25) is 0 Å². The van der Waals surface area contributed by atoms with Gasteiger partial charge >= 0.3 is 5.97 Å². The number of nitrogens with zero attached hydrogens (tertiary/aromatic N) is 3. The standard InChI is InChI=1S/C28H36FN3O3/c1-19-22(16-25(33)34)26(32-12-10-28(2,3)11-13-32)23(18-30-19)21-15-24(29)27(31-17-21)35-14-9-20-7-5-4-6-8-20/h7,15,17-18H,4-6,8-14,16H2,1-3H3,(H,33,34). The fraction of sp³-hybridized carbons (Fsp3) is 0.536. The van der Waals surface area contributed by atoms with Gasteiger partial charge in [-0.25, -0.2) is 9.37 Å². The molecule has 1 aliphatic carbocycles. The fourth-order valence-electron chi connectivity index (χ4n) is 4.99. The second-order valence-electron chi connectivity index (χ2n) is 10.5. The van der Waals surface area contributed by atoms with E-state index < -0.39 is 11.8 Å². The first kappa shape index (κ1) is 25.1. The molecule has 0 radical (unpaired) electrons. The summed E-state index contributed by atoms with van der Waals surface area (Å²) in [5.41, 5.74) is 5.08. The molecule has 2 aliphatic rings. The van der Waals surface area contributed by atoms with Crippen molar-refractivity contribution >= 4 is 11.7 Å². The van der Waals surface area contributed by atoms with Gasteiger partial charge in [-0.15, -0.1) is 0 Å². The first-order valence-corrected chi connectivity index (χ1v) is 12.7. The summed E-state index contributed by atoms with van der Waals surface area (Å²) in [5, 5.41) is 9.58. The van der Waals surface area contributed by atoms with Crippen LogP contribution in [0, 0.1) is 18.2 Å². The highest BCUT2D eigenvalue weighted by molar-refractivity contribution is 5.84. The second-order valence-corrected chi connectivity index (χ2v) is 10.5. The van der Waals surface area contributed by atoms with E-state index in [9.17, 15) is 9.90 Å². The summed E-state index contributed by atoms with van der Waals surface area (Å²) in [7, 11) is 0. The molecule has 0 bridgehead atoms. The van der Waals surface area contributed by atoms with Gasteiger partial charge in [0, 0.05) is 54.3 Å². The number of allylic oxidation sites excluding steroid dienone is 1. The van der Waals surface area contributed by atoms with E-state index in [2.05, 4.69) is 34.8 Å². The van der Waals surface area contributed by atoms with Crippen LogP contribution in [-0.4, -0.2) is 40.7 Å². The van der Waals surface area contributed by atoms with Crippen molar-refractivity contribution in [1.82, 2.24) is 9.97 Å². The summed E-state index contributed by atoms with van der Waals surface area (Å²) in [6, 6.07) is 1.43. The van der Waals surface area contributed by atoms with Crippen LogP contribution >= 0.6 is 0 Å². The number of piperidine rings is 1. The molecule has 0 unspecified atom stereocenters. The zero-order chi connectivity index (χ0) is 25.0. The Kier molecular flexibility index (Phi) is 7.72. The quantitative estimate of drug-likeness (QED) is 0.458. The molecule has 188 valence electrons. The number of ether oxygens (including phenoxy) is 1. The van der Waals surface area contributed by atoms with E-state index >= 15 is 4.39 Å². The van der Waals surface area contributed by atoms with Gasteiger partial charge in [0.2, 0.25) is 5.88 Å². The van der Waals surface area contributed by atoms with Crippen molar-refractivity contribution in [1.29, 1.82) is 0 Å². The number of carboxylic acids is 1. The van der Waals surface area contributed by atoms with E-state index in [0.29, 0.717) is 29.0 Å². The van der Waals surface area contributed by atoms with Crippen molar-refractivity contribution in [2.24, 2.45) is 5.41 Å². The number of aliphatic carboxylic acids is 1. The molecule has 7 heteroatoms. The lowest BCUT2D eigenvalue weighted by Crippen LogP contribution is -2.38. The Bertz CT molecular complexity index is 1100. The second kappa shape index (κ2) is 10.8. The minimum atomic E-state index is -0.910. The number of hydrogen-bond acceptors (Lipinski definition) is 5. The Morgan fingerprint density at radius 1 is 1.20 bits per heavy atom. The third-order valence-corrected chi connectivity index (χ3v) is 7.29. The molecule has 1 N–H and O–H groups in total. The van der Waals surface area contributed by atoms with Crippen molar-refractivity contribution in [3.8, 4) is 17.0 Å². The molecule has 35 heavy (non-hydrogen) atoms. The number of pyridine rings is 2. The van der Waals surface area contributed by atoms with E-state index in [0.717, 1.165) is 50.9 Å². The SMILES string of the molecule is Cc1ncc(-c2cnc(OCCC3=CCCCC3)c(F)c2)c(N2CCC(C)(C)CC2)c1CC(=O)O. The number of carbonyl (C=O) groups is 1. The predicted octanol–water partition coefficient (Wildman–Crippen LogP) is 6.11. The van der Waals surface area contributed by atoms with Crippen LogP contribution in [0.15, 0.2) is 30.1 Å². The maximum atomic E-state index is 15.0. The first-order chi connectivity index (χ1) is 16.7. The molecule has 1 saturated heterocycles. The smallest absolute Gasteiger partial charge is 0.307 e. The van der Waals surface area contributed by atoms with E-state index in [4.69, 9.17) is 4.74 Å². The molecular weight excluding hydrogens is 445 g/mol. The van der Waals surface area contributed by atoms with Gasteiger partial charge in [0.1, 0.15) is 0 Å². The highest BCUT2D eigenvalue weighted by Crippen LogP contribution is 2.40. The van der Waals surface area contributed by atoms with Crippen LogP contribution in [0.1, 0.15) is 70.1 Å². The van der Waals surface area contributed by atoms with Crippen LogP contribution in [0.4, 0.5) is 10.1 Å². The molecule has 1 aliphatic heterocycles. The lowest BCUT2D eigenvalue weighted by molar-refractivity contribution is -0.136. The highest BCUT2D eigenvalue weighted by atomic mass is 19.1. The zero-order valence-electron chi connectivity index (χ0n) is 21.1. The van der Waals surface area contributed by atoms with Gasteiger partial charge in [-0.2, -0.15) is 0 Å². The normalized spacial score (nSPS) is 17.7. The van der Waals surface area contributed by atoms with Gasteiger partial charge in [0.15, 0.2) is 5.82 Å². The van der Waals surface area contributed by atoms with Gasteiger partial charge < -0.3 is 14.7 Å². The third kappa shape index (κ3) is 6.19. The highest BCUT2D eigenvalue weighted by Gasteiger charge is 2.29. The number of aryl methyl sites for hydroxylation is 1. The number of rotatable bonds is 8. The molecule has 0 atom stereocenters. The van der Waals surface area contributed by atoms with Gasteiger partial charge in [-0.05, 0) is 56.9 Å². The lowest BCUT2D eigenvalue weighted by Gasteiger charge is -2.40. The Morgan fingerprint density at radius 3 is 2.63 bits per heavy atom. The maximum absolute atomic E-state index is 15.0. The summed E-state index contributed by atoms with van der Waals surface area (Å²) in [6.45, 7) is 8.36. The lowest BCUT2D eigenvalue weighted by atomic mass is 9.82. The van der Waals surface area contributed by atoms with Crippen LogP contribution in [0.5, 0.6) is 5.88 Å². The van der Waals surface area contributed by atoms with Gasteiger partial charge in [0.25, 0.3) is 0 Å². The van der Waals surface area contributed by atoms with Gasteiger partial charge in [-0.1, -0.05) is 25.5 Å². The van der Waals surface area contributed by atoms with Crippen LogP contribution < -0.4 is 9.64 Å². The van der Waals surface area contributed by atoms with Gasteiger partial charge in [0.05, 0.1) is 18.7 Å². The number of anilines is 1. The summed E-state index contributed by atoms with van der Waals surface area (Å²) >= 11 is 0. The molecule has 4 rings (SSSR count). The van der Waals surface area contributed by atoms with Gasteiger partial charge in [-0.3, -0.25) is 9.78 Å². The largest absolute Gasteiger partial charge is 0.481 e.